The quantitative estimate of drug-likeness (QED) is 0.575. The minimum Gasteiger partial charge on any atom is -0.672 e. The molecule has 2 atom stereocenters. The predicted octanol–water partition coefficient (Wildman–Crippen LogP) is -1.42. The predicted molar refractivity (Wildman–Crippen MR) is 67.0 cm³/mol. The maximum absolute atomic E-state index is 8.07. The Kier molecular flexibility index (Phi) is 8.41. The summed E-state index contributed by atoms with van der Waals surface area (Å²) in [5.74, 6) is 0. The standard InChI is InChI=1S/C14H14N2.2Li/c15-13(11-7-3-1-4-8-11)14(16)12-9-5-2-6-10-12;;/h1-10,13-16H;;/q-2;2*+1/t13-,14-;;/m1../s1. The van der Waals surface area contributed by atoms with Gasteiger partial charge in [-0.15, -0.1) is 12.1 Å². The Morgan fingerprint density at radius 2 is 0.833 bits per heavy atom. The van der Waals surface area contributed by atoms with Crippen LogP contribution in [0.15, 0.2) is 60.7 Å². The van der Waals surface area contributed by atoms with Crippen molar-refractivity contribution in [3.63, 3.8) is 0 Å². The summed E-state index contributed by atoms with van der Waals surface area (Å²) in [5, 5.41) is 0. The molecule has 82 valence electrons. The van der Waals surface area contributed by atoms with Gasteiger partial charge in [0.2, 0.25) is 0 Å². The van der Waals surface area contributed by atoms with Crippen molar-refractivity contribution in [2.45, 2.75) is 12.1 Å². The van der Waals surface area contributed by atoms with Gasteiger partial charge in [-0.1, -0.05) is 71.8 Å². The van der Waals surface area contributed by atoms with Crippen LogP contribution in [0.4, 0.5) is 0 Å². The van der Waals surface area contributed by atoms with E-state index in [1.165, 1.54) is 0 Å². The van der Waals surface area contributed by atoms with Crippen LogP contribution in [0, 0.1) is 0 Å². The molecule has 0 unspecified atom stereocenters. The molecular formula is C14H14Li2N2. The molecule has 4 heteroatoms. The summed E-state index contributed by atoms with van der Waals surface area (Å²) in [4.78, 5) is 0. The normalized spacial score (nSPS) is 12.8. The summed E-state index contributed by atoms with van der Waals surface area (Å²) in [7, 11) is 0. The zero-order valence-corrected chi connectivity index (χ0v) is 10.9. The molecule has 0 amide bonds. The van der Waals surface area contributed by atoms with E-state index in [2.05, 4.69) is 0 Å². The van der Waals surface area contributed by atoms with Crippen LogP contribution in [0.2, 0.25) is 0 Å². The monoisotopic (exact) mass is 224 g/mol. The van der Waals surface area contributed by atoms with E-state index in [4.69, 9.17) is 11.5 Å². The fourth-order valence-corrected chi connectivity index (χ4v) is 1.71. The van der Waals surface area contributed by atoms with Crippen molar-refractivity contribution in [3.05, 3.63) is 83.3 Å². The molecular weight excluding hydrogens is 210 g/mol. The second-order valence-electron chi connectivity index (χ2n) is 3.78. The SMILES string of the molecule is [Li+].[Li+].[NH-][C@H](c1ccccc1)[C@H]([NH-])c1ccccc1. The molecule has 0 bridgehead atoms. The van der Waals surface area contributed by atoms with Gasteiger partial charge in [0.15, 0.2) is 0 Å². The summed E-state index contributed by atoms with van der Waals surface area (Å²) >= 11 is 0. The maximum atomic E-state index is 8.07. The van der Waals surface area contributed by atoms with Crippen LogP contribution in [0.5, 0.6) is 0 Å². The molecule has 18 heavy (non-hydrogen) atoms. The van der Waals surface area contributed by atoms with E-state index >= 15 is 0 Å². The Morgan fingerprint density at radius 3 is 1.11 bits per heavy atom. The van der Waals surface area contributed by atoms with E-state index < -0.39 is 12.1 Å². The molecule has 0 saturated carbocycles. The van der Waals surface area contributed by atoms with Gasteiger partial charge < -0.3 is 11.5 Å². The van der Waals surface area contributed by atoms with Crippen molar-refractivity contribution < 1.29 is 37.7 Å². The fraction of sp³-hybridized carbons (Fsp3) is 0.143. The first-order valence-electron chi connectivity index (χ1n) is 5.31. The number of hydrogen-bond donors (Lipinski definition) is 0. The molecule has 2 aromatic rings. The number of hydrogen-bond acceptors (Lipinski definition) is 0. The molecule has 2 nitrogen and oxygen atoms in total. The molecule has 0 radical (unpaired) electrons. The van der Waals surface area contributed by atoms with E-state index in [0.29, 0.717) is 0 Å². The van der Waals surface area contributed by atoms with Crippen LogP contribution in [0.1, 0.15) is 23.2 Å². The molecule has 2 rings (SSSR count). The van der Waals surface area contributed by atoms with Gasteiger partial charge in [0.1, 0.15) is 0 Å². The van der Waals surface area contributed by atoms with Crippen LogP contribution in [0.3, 0.4) is 0 Å². The van der Waals surface area contributed by atoms with E-state index in [1.807, 2.05) is 60.7 Å². The van der Waals surface area contributed by atoms with Crippen LogP contribution >= 0.6 is 0 Å². The first kappa shape index (κ1) is 17.6. The van der Waals surface area contributed by atoms with Crippen molar-refractivity contribution in [3.8, 4) is 0 Å². The molecule has 0 saturated heterocycles. The Bertz CT molecular complexity index is 391. The number of nitrogens with one attached hydrogen (secondary N) is 2. The molecule has 0 heterocycles. The third-order valence-electron chi connectivity index (χ3n) is 2.65. The number of benzene rings is 2. The van der Waals surface area contributed by atoms with Gasteiger partial charge in [0, 0.05) is 0 Å². The summed E-state index contributed by atoms with van der Waals surface area (Å²) in [5.41, 5.74) is 17.9. The van der Waals surface area contributed by atoms with Crippen LogP contribution in [-0.4, -0.2) is 0 Å². The van der Waals surface area contributed by atoms with Crippen LogP contribution in [0.25, 0.3) is 11.5 Å². The van der Waals surface area contributed by atoms with Gasteiger partial charge in [0.25, 0.3) is 0 Å². The van der Waals surface area contributed by atoms with Gasteiger partial charge in [0.05, 0.1) is 0 Å². The summed E-state index contributed by atoms with van der Waals surface area (Å²) < 4.78 is 0. The summed E-state index contributed by atoms with van der Waals surface area (Å²) in [6.07, 6.45) is 0. The van der Waals surface area contributed by atoms with Crippen molar-refractivity contribution in [1.29, 1.82) is 0 Å². The minimum absolute atomic E-state index is 0. The van der Waals surface area contributed by atoms with Gasteiger partial charge in [-0.25, -0.2) is 0 Å². The van der Waals surface area contributed by atoms with Crippen LogP contribution in [-0.2, 0) is 0 Å². The average molecular weight is 224 g/mol. The molecule has 2 aromatic carbocycles. The van der Waals surface area contributed by atoms with Gasteiger partial charge >= 0.3 is 37.7 Å². The van der Waals surface area contributed by atoms with Crippen molar-refractivity contribution in [1.82, 2.24) is 0 Å². The fourth-order valence-electron chi connectivity index (χ4n) is 1.71. The molecule has 0 aliphatic rings. The second-order valence-corrected chi connectivity index (χ2v) is 3.78. The zero-order valence-electron chi connectivity index (χ0n) is 10.9. The Labute approximate surface area is 132 Å². The third kappa shape index (κ3) is 4.34. The van der Waals surface area contributed by atoms with Gasteiger partial charge in [-0.05, 0) is 0 Å². The first-order valence-corrected chi connectivity index (χ1v) is 5.31. The molecule has 0 fully saturated rings. The van der Waals surface area contributed by atoms with E-state index in [0.717, 1.165) is 11.1 Å². The molecule has 0 aliphatic carbocycles. The molecule has 0 spiro atoms. The maximum Gasteiger partial charge on any atom is 1.00 e. The van der Waals surface area contributed by atoms with Crippen molar-refractivity contribution >= 4 is 0 Å². The minimum atomic E-state index is -0.524. The summed E-state index contributed by atoms with van der Waals surface area (Å²) in [6.45, 7) is 0. The van der Waals surface area contributed by atoms with E-state index in [1.54, 1.807) is 0 Å². The third-order valence-corrected chi connectivity index (χ3v) is 2.65. The van der Waals surface area contributed by atoms with E-state index in [-0.39, 0.29) is 37.7 Å². The smallest absolute Gasteiger partial charge is 0.672 e. The molecule has 0 aromatic heterocycles. The zero-order chi connectivity index (χ0) is 11.4. The second kappa shape index (κ2) is 8.62. The van der Waals surface area contributed by atoms with Gasteiger partial charge in [-0.2, -0.15) is 0 Å². The molecule has 2 N–H and O–H groups in total. The Morgan fingerprint density at radius 1 is 0.556 bits per heavy atom. The summed E-state index contributed by atoms with van der Waals surface area (Å²) in [6, 6.07) is 18.1. The Balaban J connectivity index is 0.00000144. The Hall–Kier alpha value is -0.445. The average Bonchev–Trinajstić information content (AvgIpc) is 2.39. The number of rotatable bonds is 3. The van der Waals surface area contributed by atoms with Crippen LogP contribution < -0.4 is 37.7 Å². The topological polar surface area (TPSA) is 47.6 Å². The van der Waals surface area contributed by atoms with Crippen molar-refractivity contribution in [2.75, 3.05) is 0 Å². The first-order chi connectivity index (χ1) is 7.79. The van der Waals surface area contributed by atoms with Gasteiger partial charge in [-0.3, -0.25) is 0 Å². The molecule has 0 aliphatic heterocycles. The van der Waals surface area contributed by atoms with Crippen molar-refractivity contribution in [2.24, 2.45) is 0 Å². The largest absolute Gasteiger partial charge is 1.00 e. The van der Waals surface area contributed by atoms with E-state index in [9.17, 15) is 0 Å².